The van der Waals surface area contributed by atoms with Crippen LogP contribution in [0.15, 0.2) is 84.9 Å². The fourth-order valence-electron chi connectivity index (χ4n) is 5.17. The van der Waals surface area contributed by atoms with Crippen molar-refractivity contribution in [1.82, 2.24) is 0 Å². The number of benzene rings is 5. The lowest BCUT2D eigenvalue weighted by Crippen LogP contribution is -2.15. The molecule has 0 aromatic heterocycles. The molecule has 136 valence electrons. The van der Waals surface area contributed by atoms with Crippen LogP contribution in [-0.4, -0.2) is 7.05 Å². The summed E-state index contributed by atoms with van der Waals surface area (Å²) in [5.41, 5.74) is 7.51. The van der Waals surface area contributed by atoms with E-state index in [0.29, 0.717) is 0 Å². The molecule has 2 nitrogen and oxygen atoms in total. The Bertz CT molecular complexity index is 1500. The second kappa shape index (κ2) is 5.18. The summed E-state index contributed by atoms with van der Waals surface area (Å²) in [6.07, 6.45) is 0. The number of hydrogen-bond donors (Lipinski definition) is 0. The summed E-state index contributed by atoms with van der Waals surface area (Å²) in [4.78, 5) is 2.31. The van der Waals surface area contributed by atoms with Gasteiger partial charge in [-0.2, -0.15) is 0 Å². The largest absolute Gasteiger partial charge is 0.456 e. The van der Waals surface area contributed by atoms with E-state index >= 15 is 0 Å². The summed E-state index contributed by atoms with van der Waals surface area (Å²) < 4.78 is 6.38. The van der Waals surface area contributed by atoms with E-state index < -0.39 is 0 Å². The van der Waals surface area contributed by atoms with Gasteiger partial charge in [-0.3, -0.25) is 0 Å². The predicted molar refractivity (Wildman–Crippen MR) is 120 cm³/mol. The summed E-state index contributed by atoms with van der Waals surface area (Å²) in [7, 11) is 2.16. The maximum Gasteiger partial charge on any atom is 0.136 e. The number of ether oxygens (including phenoxy) is 1. The number of nitrogens with zero attached hydrogens (tertiary/aromatic N) is 1. The van der Waals surface area contributed by atoms with Crippen molar-refractivity contribution in [3.63, 3.8) is 0 Å². The van der Waals surface area contributed by atoms with E-state index in [9.17, 15) is 0 Å². The Morgan fingerprint density at radius 1 is 0.552 bits per heavy atom. The number of hydrogen-bond acceptors (Lipinski definition) is 2. The minimum Gasteiger partial charge on any atom is -0.456 e. The second-order valence-electron chi connectivity index (χ2n) is 7.80. The van der Waals surface area contributed by atoms with Gasteiger partial charge in [0, 0.05) is 51.4 Å². The van der Waals surface area contributed by atoms with E-state index in [-0.39, 0.29) is 0 Å². The summed E-state index contributed by atoms with van der Waals surface area (Å²) in [6, 6.07) is 30.2. The van der Waals surface area contributed by atoms with Crippen molar-refractivity contribution in [2.24, 2.45) is 0 Å². The van der Waals surface area contributed by atoms with Crippen LogP contribution in [0.3, 0.4) is 0 Å². The smallest absolute Gasteiger partial charge is 0.136 e. The molecule has 2 heteroatoms. The average Bonchev–Trinajstić information content (AvgIpc) is 2.78. The molecule has 5 aromatic rings. The van der Waals surface area contributed by atoms with Crippen LogP contribution < -0.4 is 9.64 Å². The number of para-hydroxylation sites is 2. The Balaban J connectivity index is 1.82. The first-order chi connectivity index (χ1) is 14.3. The maximum atomic E-state index is 6.38. The molecule has 0 amide bonds. The minimum atomic E-state index is 0.928. The van der Waals surface area contributed by atoms with Gasteiger partial charge in [0.05, 0.1) is 0 Å². The molecular formula is C27H17NO. The number of anilines is 2. The molecule has 29 heavy (non-hydrogen) atoms. The molecule has 7 rings (SSSR count). The van der Waals surface area contributed by atoms with Crippen molar-refractivity contribution in [2.75, 3.05) is 11.9 Å². The van der Waals surface area contributed by atoms with Crippen molar-refractivity contribution >= 4 is 32.9 Å². The Labute approximate surface area is 168 Å². The minimum absolute atomic E-state index is 0.928. The topological polar surface area (TPSA) is 12.5 Å². The summed E-state index contributed by atoms with van der Waals surface area (Å²) in [5, 5.41) is 5.08. The van der Waals surface area contributed by atoms with Crippen LogP contribution in [0.1, 0.15) is 0 Å². The van der Waals surface area contributed by atoms with E-state index in [0.717, 1.165) is 11.5 Å². The summed E-state index contributed by atoms with van der Waals surface area (Å²) in [6.45, 7) is 0. The van der Waals surface area contributed by atoms with Crippen LogP contribution in [0.25, 0.3) is 43.8 Å². The summed E-state index contributed by atoms with van der Waals surface area (Å²) >= 11 is 0. The van der Waals surface area contributed by atoms with Crippen LogP contribution in [0, 0.1) is 0 Å². The van der Waals surface area contributed by atoms with Gasteiger partial charge >= 0.3 is 0 Å². The lowest BCUT2D eigenvalue weighted by molar-refractivity contribution is 0.487. The molecule has 0 N–H and O–H groups in total. The van der Waals surface area contributed by atoms with Crippen LogP contribution in [0.2, 0.25) is 0 Å². The molecule has 0 radical (unpaired) electrons. The van der Waals surface area contributed by atoms with Crippen LogP contribution in [-0.2, 0) is 0 Å². The van der Waals surface area contributed by atoms with E-state index in [1.165, 1.54) is 55.2 Å². The molecule has 5 aromatic carbocycles. The van der Waals surface area contributed by atoms with Gasteiger partial charge in [0.1, 0.15) is 11.5 Å². The molecule has 0 saturated carbocycles. The monoisotopic (exact) mass is 371 g/mol. The van der Waals surface area contributed by atoms with Gasteiger partial charge in [0.2, 0.25) is 0 Å². The van der Waals surface area contributed by atoms with Gasteiger partial charge in [-0.15, -0.1) is 0 Å². The maximum absolute atomic E-state index is 6.38. The molecule has 0 unspecified atom stereocenters. The Hall–Kier alpha value is -3.78. The Morgan fingerprint density at radius 2 is 1.21 bits per heavy atom. The Kier molecular flexibility index (Phi) is 2.71. The highest BCUT2D eigenvalue weighted by atomic mass is 16.5. The van der Waals surface area contributed by atoms with Gasteiger partial charge in [-0.05, 0) is 35.0 Å². The molecule has 0 bridgehead atoms. The molecule has 0 spiro atoms. The van der Waals surface area contributed by atoms with E-state index in [2.05, 4.69) is 90.8 Å². The van der Waals surface area contributed by atoms with Crippen LogP contribution >= 0.6 is 0 Å². The van der Waals surface area contributed by atoms with Gasteiger partial charge in [0.15, 0.2) is 0 Å². The van der Waals surface area contributed by atoms with Crippen molar-refractivity contribution in [3.05, 3.63) is 84.9 Å². The zero-order chi connectivity index (χ0) is 19.1. The highest BCUT2D eigenvalue weighted by molar-refractivity contribution is 6.29. The third kappa shape index (κ3) is 1.77. The molecule has 0 atom stereocenters. The van der Waals surface area contributed by atoms with E-state index in [1.807, 2.05) is 6.07 Å². The molecule has 2 aliphatic heterocycles. The SMILES string of the molecule is CN1c2ccccc2-c2c3ccccc3c3c4c(ccc1c24)Oc1ccccc1-3. The van der Waals surface area contributed by atoms with Crippen molar-refractivity contribution < 1.29 is 4.74 Å². The third-order valence-corrected chi connectivity index (χ3v) is 6.38. The first kappa shape index (κ1) is 15.2. The highest BCUT2D eigenvalue weighted by Gasteiger charge is 2.31. The number of fused-ring (bicyclic) bond motifs is 7. The van der Waals surface area contributed by atoms with Crippen molar-refractivity contribution in [1.29, 1.82) is 0 Å². The van der Waals surface area contributed by atoms with Crippen LogP contribution in [0.4, 0.5) is 11.4 Å². The molecular weight excluding hydrogens is 354 g/mol. The Morgan fingerprint density at radius 3 is 2.03 bits per heavy atom. The first-order valence-electron chi connectivity index (χ1n) is 9.95. The zero-order valence-electron chi connectivity index (χ0n) is 15.9. The third-order valence-electron chi connectivity index (χ3n) is 6.38. The predicted octanol–water partition coefficient (Wildman–Crippen LogP) is 7.51. The highest BCUT2D eigenvalue weighted by Crippen LogP contribution is 2.58. The fourth-order valence-corrected chi connectivity index (χ4v) is 5.17. The molecule has 2 heterocycles. The first-order valence-corrected chi connectivity index (χ1v) is 9.95. The standard InChI is InChI=1S/C27H17NO/c1-28-20-12-6-4-10-18(20)24-16-8-2-3-9-17(16)25-19-11-5-7-13-22(19)29-23-15-14-21(28)26(24)27(23)25/h2-15H,1H3. The van der Waals surface area contributed by atoms with Gasteiger partial charge in [0.25, 0.3) is 0 Å². The molecule has 2 aliphatic rings. The molecule has 0 aliphatic carbocycles. The lowest BCUT2D eigenvalue weighted by Gasteiger charge is -2.34. The number of rotatable bonds is 0. The second-order valence-corrected chi connectivity index (χ2v) is 7.80. The van der Waals surface area contributed by atoms with Crippen molar-refractivity contribution in [3.8, 4) is 33.8 Å². The molecule has 0 fully saturated rings. The van der Waals surface area contributed by atoms with E-state index in [1.54, 1.807) is 0 Å². The average molecular weight is 371 g/mol. The quantitative estimate of drug-likeness (QED) is 0.256. The lowest BCUT2D eigenvalue weighted by atomic mass is 9.81. The van der Waals surface area contributed by atoms with Gasteiger partial charge in [-0.25, -0.2) is 0 Å². The van der Waals surface area contributed by atoms with Crippen LogP contribution in [0.5, 0.6) is 11.5 Å². The zero-order valence-corrected chi connectivity index (χ0v) is 15.9. The normalized spacial score (nSPS) is 13.2. The van der Waals surface area contributed by atoms with Gasteiger partial charge < -0.3 is 9.64 Å². The van der Waals surface area contributed by atoms with Crippen molar-refractivity contribution in [2.45, 2.75) is 0 Å². The molecule has 0 saturated heterocycles. The van der Waals surface area contributed by atoms with E-state index in [4.69, 9.17) is 4.74 Å². The van der Waals surface area contributed by atoms with Gasteiger partial charge in [-0.1, -0.05) is 60.7 Å². The summed E-state index contributed by atoms with van der Waals surface area (Å²) in [5.74, 6) is 1.87. The fraction of sp³-hybridized carbons (Fsp3) is 0.0370.